The monoisotopic (exact) mass is 449 g/mol. The smallest absolute Gasteiger partial charge is 0.350 e. The summed E-state index contributed by atoms with van der Waals surface area (Å²) in [6, 6.07) is 1.97. The van der Waals surface area contributed by atoms with Gasteiger partial charge in [0.05, 0.1) is 18.0 Å². The molecule has 29 heavy (non-hydrogen) atoms. The lowest BCUT2D eigenvalue weighted by atomic mass is 10.1. The molecule has 0 saturated carbocycles. The highest BCUT2D eigenvalue weighted by Crippen LogP contribution is 2.36. The van der Waals surface area contributed by atoms with Crippen molar-refractivity contribution < 1.29 is 34.0 Å². The zero-order valence-corrected chi connectivity index (χ0v) is 16.7. The molecule has 160 valence electrons. The molecule has 2 saturated heterocycles. The third-order valence-electron chi connectivity index (χ3n) is 4.82. The van der Waals surface area contributed by atoms with Crippen LogP contribution in [0.5, 0.6) is 0 Å². The number of ether oxygens (including phenoxy) is 2. The molecule has 0 aliphatic carbocycles. The van der Waals surface area contributed by atoms with Gasteiger partial charge in [-0.1, -0.05) is 0 Å². The van der Waals surface area contributed by atoms with Gasteiger partial charge in [0, 0.05) is 19.3 Å². The van der Waals surface area contributed by atoms with Gasteiger partial charge in [0.25, 0.3) is 0 Å². The van der Waals surface area contributed by atoms with Gasteiger partial charge in [-0.05, 0) is 17.7 Å². The van der Waals surface area contributed by atoms with Gasteiger partial charge in [-0.15, -0.1) is 0 Å². The minimum absolute atomic E-state index is 0.0156. The Morgan fingerprint density at radius 1 is 1.34 bits per heavy atom. The largest absolute Gasteiger partial charge is 0.387 e. The number of hydrogen-bond donors (Lipinski definition) is 6. The average molecular weight is 450 g/mol. The van der Waals surface area contributed by atoms with Crippen LogP contribution in [0.2, 0.25) is 5.28 Å². The van der Waals surface area contributed by atoms with Crippen molar-refractivity contribution in [2.75, 3.05) is 31.4 Å². The van der Waals surface area contributed by atoms with Crippen LogP contribution in [0.3, 0.4) is 0 Å². The molecule has 0 radical (unpaired) electrons. The van der Waals surface area contributed by atoms with Gasteiger partial charge in [0.15, 0.2) is 6.23 Å². The highest BCUT2D eigenvalue weighted by atomic mass is 35.5. The van der Waals surface area contributed by atoms with Gasteiger partial charge < -0.3 is 44.7 Å². The van der Waals surface area contributed by atoms with E-state index in [1.165, 1.54) is 4.57 Å². The van der Waals surface area contributed by atoms with E-state index in [2.05, 4.69) is 20.6 Å². The molecular weight excluding hydrogens is 429 g/mol. The first-order valence-corrected chi connectivity index (χ1v) is 11.1. The Morgan fingerprint density at radius 3 is 2.76 bits per heavy atom. The van der Waals surface area contributed by atoms with Crippen molar-refractivity contribution in [2.24, 2.45) is 0 Å². The summed E-state index contributed by atoms with van der Waals surface area (Å²) in [6.45, 7) is 1.31. The van der Waals surface area contributed by atoms with Crippen LogP contribution >= 0.6 is 19.2 Å². The standard InChI is InChI=1S/C15H21ClN5O7P/c16-15-19-12(18-7-3-17-4-7)8-1-2-21(13(8)20-15)14-11(23)10(22)9(28-14)5-27-6-29(24,25)26/h1-2,7,9-11,14,17,22-23H,3-6H2,(H,18,19,20)(H2,24,25,26)/t9?,10-,11-,14-/m1/s1. The Kier molecular flexibility index (Phi) is 5.81. The Labute approximate surface area is 170 Å². The number of aromatic nitrogens is 3. The van der Waals surface area contributed by atoms with E-state index < -0.39 is 38.5 Å². The lowest BCUT2D eigenvalue weighted by Crippen LogP contribution is -2.51. The van der Waals surface area contributed by atoms with E-state index in [9.17, 15) is 14.8 Å². The first-order chi connectivity index (χ1) is 13.7. The molecule has 14 heteroatoms. The Morgan fingerprint density at radius 2 is 2.10 bits per heavy atom. The number of hydrogen-bond acceptors (Lipinski definition) is 9. The second-order valence-electron chi connectivity index (χ2n) is 7.01. The number of anilines is 1. The predicted octanol–water partition coefficient (Wildman–Crippen LogP) is -0.761. The van der Waals surface area contributed by atoms with Gasteiger partial charge in [0.1, 0.15) is 36.1 Å². The molecule has 0 aromatic carbocycles. The molecule has 0 amide bonds. The lowest BCUT2D eigenvalue weighted by Gasteiger charge is -2.28. The summed E-state index contributed by atoms with van der Waals surface area (Å²) < 4.78 is 23.0. The van der Waals surface area contributed by atoms with Crippen LogP contribution in [0.25, 0.3) is 11.0 Å². The quantitative estimate of drug-likeness (QED) is 0.232. The molecule has 2 aliphatic heterocycles. The van der Waals surface area contributed by atoms with E-state index in [-0.39, 0.29) is 17.9 Å². The number of nitrogens with zero attached hydrogens (tertiary/aromatic N) is 3. The highest BCUT2D eigenvalue weighted by Gasteiger charge is 2.44. The van der Waals surface area contributed by atoms with E-state index in [4.69, 9.17) is 30.9 Å². The second-order valence-corrected chi connectivity index (χ2v) is 8.94. The fraction of sp³-hybridized carbons (Fsp3) is 0.600. The summed E-state index contributed by atoms with van der Waals surface area (Å²) >= 11 is 6.07. The highest BCUT2D eigenvalue weighted by molar-refractivity contribution is 7.51. The molecule has 0 bridgehead atoms. The zero-order valence-electron chi connectivity index (χ0n) is 15.1. The SMILES string of the molecule is O=P(O)(O)COCC1O[C@@H](n2ccc3c(NC4CNC4)nc(Cl)nc32)[C@H](O)[C@@H]1O. The summed E-state index contributed by atoms with van der Waals surface area (Å²) in [6.07, 6.45) is -3.76. The molecule has 12 nitrogen and oxygen atoms in total. The van der Waals surface area contributed by atoms with E-state index >= 15 is 0 Å². The zero-order chi connectivity index (χ0) is 20.8. The fourth-order valence-electron chi connectivity index (χ4n) is 3.29. The van der Waals surface area contributed by atoms with Gasteiger partial charge in [-0.2, -0.15) is 4.98 Å². The van der Waals surface area contributed by atoms with E-state index in [1.54, 1.807) is 12.3 Å². The third kappa shape index (κ3) is 4.41. The van der Waals surface area contributed by atoms with Crippen LogP contribution in [-0.4, -0.2) is 84.9 Å². The Balaban J connectivity index is 1.55. The van der Waals surface area contributed by atoms with Crippen molar-refractivity contribution >= 4 is 36.0 Å². The fourth-order valence-corrected chi connectivity index (χ4v) is 3.80. The van der Waals surface area contributed by atoms with Crippen molar-refractivity contribution in [3.8, 4) is 0 Å². The molecule has 4 heterocycles. The van der Waals surface area contributed by atoms with Gasteiger partial charge in [-0.25, -0.2) is 4.98 Å². The Bertz CT molecular complexity index is 935. The summed E-state index contributed by atoms with van der Waals surface area (Å²) in [4.78, 5) is 26.2. The summed E-state index contributed by atoms with van der Waals surface area (Å²) in [5.74, 6) is 0.555. The number of rotatable bonds is 7. The number of aliphatic hydroxyl groups excluding tert-OH is 2. The molecule has 2 aromatic heterocycles. The number of halogens is 1. The van der Waals surface area contributed by atoms with Gasteiger partial charge in [0.2, 0.25) is 5.28 Å². The van der Waals surface area contributed by atoms with Crippen LogP contribution in [0, 0.1) is 0 Å². The second kappa shape index (κ2) is 8.06. The van der Waals surface area contributed by atoms with Crippen molar-refractivity contribution in [3.05, 3.63) is 17.5 Å². The van der Waals surface area contributed by atoms with E-state index in [1.807, 2.05) is 0 Å². The first kappa shape index (κ1) is 20.9. The van der Waals surface area contributed by atoms with Gasteiger partial charge in [-0.3, -0.25) is 4.57 Å². The lowest BCUT2D eigenvalue weighted by molar-refractivity contribution is -0.0610. The maximum absolute atomic E-state index is 10.9. The van der Waals surface area contributed by atoms with Crippen LogP contribution in [0.15, 0.2) is 12.3 Å². The number of aliphatic hydroxyl groups is 2. The normalized spacial score (nSPS) is 28.0. The molecule has 0 spiro atoms. The minimum Gasteiger partial charge on any atom is -0.387 e. The molecule has 4 atom stereocenters. The minimum atomic E-state index is -4.34. The van der Waals surface area contributed by atoms with Crippen LogP contribution in [0.4, 0.5) is 5.82 Å². The maximum atomic E-state index is 10.9. The molecule has 4 rings (SSSR count). The third-order valence-corrected chi connectivity index (χ3v) is 5.51. The summed E-state index contributed by atoms with van der Waals surface area (Å²) in [5.41, 5.74) is 0.410. The van der Waals surface area contributed by atoms with Crippen LogP contribution in [-0.2, 0) is 14.0 Å². The van der Waals surface area contributed by atoms with Crippen molar-refractivity contribution in [3.63, 3.8) is 0 Å². The number of nitrogens with one attached hydrogen (secondary N) is 2. The average Bonchev–Trinajstić information content (AvgIpc) is 3.13. The maximum Gasteiger partial charge on any atom is 0.350 e. The molecule has 2 fully saturated rings. The summed E-state index contributed by atoms with van der Waals surface area (Å²) in [7, 11) is -4.34. The molecule has 6 N–H and O–H groups in total. The Hall–Kier alpha value is -1.34. The van der Waals surface area contributed by atoms with Crippen molar-refractivity contribution in [1.29, 1.82) is 0 Å². The predicted molar refractivity (Wildman–Crippen MR) is 102 cm³/mol. The molecule has 2 aromatic rings. The first-order valence-electron chi connectivity index (χ1n) is 8.88. The molecule has 2 aliphatic rings. The molecular formula is C15H21ClN5O7P. The van der Waals surface area contributed by atoms with Crippen molar-refractivity contribution in [1.82, 2.24) is 19.9 Å². The van der Waals surface area contributed by atoms with Crippen molar-refractivity contribution in [2.45, 2.75) is 30.6 Å². The van der Waals surface area contributed by atoms with Crippen LogP contribution < -0.4 is 10.6 Å². The van der Waals surface area contributed by atoms with Crippen LogP contribution in [0.1, 0.15) is 6.23 Å². The molecule has 1 unspecified atom stereocenters. The van der Waals surface area contributed by atoms with E-state index in [0.717, 1.165) is 13.1 Å². The van der Waals surface area contributed by atoms with E-state index in [0.29, 0.717) is 16.9 Å². The summed E-state index contributed by atoms with van der Waals surface area (Å²) in [5, 5.41) is 27.8. The number of fused-ring (bicyclic) bond motifs is 1. The van der Waals surface area contributed by atoms with Gasteiger partial charge >= 0.3 is 7.60 Å². The topological polar surface area (TPSA) is 171 Å².